The molecule has 2 aromatic carbocycles. The summed E-state index contributed by atoms with van der Waals surface area (Å²) in [6.07, 6.45) is 1.08. The zero-order chi connectivity index (χ0) is 16.2. The van der Waals surface area contributed by atoms with Gasteiger partial charge in [-0.15, -0.1) is 0 Å². The molecule has 0 aromatic heterocycles. The van der Waals surface area contributed by atoms with Crippen molar-refractivity contribution in [3.05, 3.63) is 59.7 Å². The summed E-state index contributed by atoms with van der Waals surface area (Å²) in [6.45, 7) is 4.01. The molecule has 3 rings (SSSR count). The van der Waals surface area contributed by atoms with Crippen LogP contribution in [0.5, 0.6) is 0 Å². The summed E-state index contributed by atoms with van der Waals surface area (Å²) >= 11 is 0. The number of amides is 1. The van der Waals surface area contributed by atoms with Crippen LogP contribution in [0.3, 0.4) is 0 Å². The monoisotopic (exact) mass is 309 g/mol. The van der Waals surface area contributed by atoms with Crippen LogP contribution in [0.15, 0.2) is 48.5 Å². The van der Waals surface area contributed by atoms with Gasteiger partial charge in [-0.25, -0.2) is 0 Å². The number of nitrogens with two attached hydrogens (primary N) is 1. The first-order chi connectivity index (χ1) is 11.2. The number of hydrogen-bond donors (Lipinski definition) is 2. The summed E-state index contributed by atoms with van der Waals surface area (Å²) < 4.78 is 0. The predicted molar refractivity (Wildman–Crippen MR) is 94.5 cm³/mol. The Labute approximate surface area is 137 Å². The molecule has 0 radical (unpaired) electrons. The van der Waals surface area contributed by atoms with E-state index in [9.17, 15) is 4.79 Å². The molecule has 4 nitrogen and oxygen atoms in total. The Bertz CT molecular complexity index is 699. The number of fused-ring (bicyclic) bond motifs is 1. The van der Waals surface area contributed by atoms with Crippen LogP contribution in [0, 0.1) is 5.92 Å². The highest BCUT2D eigenvalue weighted by Crippen LogP contribution is 2.30. The third-order valence-corrected chi connectivity index (χ3v) is 4.42. The zero-order valence-electron chi connectivity index (χ0n) is 13.5. The van der Waals surface area contributed by atoms with Crippen LogP contribution in [0.25, 0.3) is 0 Å². The molecule has 1 amide bonds. The van der Waals surface area contributed by atoms with E-state index in [2.05, 4.69) is 40.5 Å². The molecule has 1 atom stereocenters. The maximum Gasteiger partial charge on any atom is 0.228 e. The van der Waals surface area contributed by atoms with Gasteiger partial charge >= 0.3 is 0 Å². The Morgan fingerprint density at radius 3 is 2.78 bits per heavy atom. The zero-order valence-corrected chi connectivity index (χ0v) is 13.5. The van der Waals surface area contributed by atoms with Gasteiger partial charge in [0.05, 0.1) is 0 Å². The van der Waals surface area contributed by atoms with E-state index in [1.54, 1.807) is 0 Å². The minimum atomic E-state index is -0.185. The average molecular weight is 309 g/mol. The van der Waals surface area contributed by atoms with Crippen molar-refractivity contribution in [2.75, 3.05) is 23.3 Å². The molecular formula is C19H23N3O. The van der Waals surface area contributed by atoms with Crippen LogP contribution in [0.1, 0.15) is 18.1 Å². The molecule has 3 N–H and O–H groups in total. The smallest absolute Gasteiger partial charge is 0.228 e. The van der Waals surface area contributed by atoms with Crippen LogP contribution in [-0.4, -0.2) is 19.0 Å². The molecule has 1 aliphatic heterocycles. The molecule has 120 valence electrons. The summed E-state index contributed by atoms with van der Waals surface area (Å²) in [5, 5.41) is 3.01. The molecule has 1 aliphatic rings. The lowest BCUT2D eigenvalue weighted by atomic mass is 10.1. The first kappa shape index (κ1) is 15.6. The molecule has 1 unspecified atom stereocenters. The molecule has 1 heterocycles. The maximum absolute atomic E-state index is 12.1. The summed E-state index contributed by atoms with van der Waals surface area (Å²) in [5.41, 5.74) is 10.3. The van der Waals surface area contributed by atoms with E-state index in [0.717, 1.165) is 30.8 Å². The number of rotatable bonds is 5. The third-order valence-electron chi connectivity index (χ3n) is 4.42. The fraction of sp³-hybridized carbons (Fsp3) is 0.316. The molecule has 2 aromatic rings. The molecule has 0 aliphatic carbocycles. The first-order valence-electron chi connectivity index (χ1n) is 8.10. The normalized spacial score (nSPS) is 14.4. The Morgan fingerprint density at radius 2 is 1.96 bits per heavy atom. The van der Waals surface area contributed by atoms with Crippen molar-refractivity contribution in [2.45, 2.75) is 19.9 Å². The van der Waals surface area contributed by atoms with Crippen LogP contribution in [-0.2, 0) is 17.8 Å². The van der Waals surface area contributed by atoms with E-state index in [1.807, 2.05) is 25.1 Å². The largest absolute Gasteiger partial charge is 0.367 e. The second-order valence-electron chi connectivity index (χ2n) is 6.08. The molecule has 0 spiro atoms. The second kappa shape index (κ2) is 6.84. The number of para-hydroxylation sites is 2. The molecule has 0 fully saturated rings. The standard InChI is InChI=1S/C19H23N3O/c1-14(12-20)19(23)21-17-8-4-2-7-16(17)13-22-11-10-15-6-3-5-9-18(15)22/h2-9,14H,10-13,20H2,1H3,(H,21,23). The lowest BCUT2D eigenvalue weighted by Gasteiger charge is -2.22. The van der Waals surface area contributed by atoms with Gasteiger partial charge < -0.3 is 16.0 Å². The fourth-order valence-corrected chi connectivity index (χ4v) is 2.92. The minimum absolute atomic E-state index is 0.0261. The van der Waals surface area contributed by atoms with Crippen molar-refractivity contribution in [1.29, 1.82) is 0 Å². The summed E-state index contributed by atoms with van der Waals surface area (Å²) in [4.78, 5) is 14.5. The van der Waals surface area contributed by atoms with E-state index in [0.29, 0.717) is 6.54 Å². The number of hydrogen-bond acceptors (Lipinski definition) is 3. The van der Waals surface area contributed by atoms with Crippen molar-refractivity contribution < 1.29 is 4.79 Å². The molecule has 23 heavy (non-hydrogen) atoms. The number of carbonyl (C=O) groups is 1. The second-order valence-corrected chi connectivity index (χ2v) is 6.08. The van der Waals surface area contributed by atoms with Gasteiger partial charge in [0, 0.05) is 36.9 Å². The number of benzene rings is 2. The van der Waals surface area contributed by atoms with Crippen LogP contribution in [0.4, 0.5) is 11.4 Å². The summed E-state index contributed by atoms with van der Waals surface area (Å²) in [5.74, 6) is -0.211. The van der Waals surface area contributed by atoms with Gasteiger partial charge in [0.1, 0.15) is 0 Å². The van der Waals surface area contributed by atoms with Gasteiger partial charge in [0.2, 0.25) is 5.91 Å². The molecule has 4 heteroatoms. The van der Waals surface area contributed by atoms with Gasteiger partial charge in [0.25, 0.3) is 0 Å². The highest BCUT2D eigenvalue weighted by Gasteiger charge is 2.20. The van der Waals surface area contributed by atoms with E-state index in [1.165, 1.54) is 11.3 Å². The van der Waals surface area contributed by atoms with E-state index in [-0.39, 0.29) is 11.8 Å². The Hall–Kier alpha value is -2.33. The van der Waals surface area contributed by atoms with Crippen molar-refractivity contribution in [1.82, 2.24) is 0 Å². The maximum atomic E-state index is 12.1. The van der Waals surface area contributed by atoms with E-state index in [4.69, 9.17) is 5.73 Å². The van der Waals surface area contributed by atoms with Gasteiger partial charge in [-0.2, -0.15) is 0 Å². The van der Waals surface area contributed by atoms with E-state index < -0.39 is 0 Å². The number of anilines is 2. The van der Waals surface area contributed by atoms with E-state index >= 15 is 0 Å². The highest BCUT2D eigenvalue weighted by molar-refractivity contribution is 5.93. The first-order valence-corrected chi connectivity index (χ1v) is 8.10. The Balaban J connectivity index is 1.78. The summed E-state index contributed by atoms with van der Waals surface area (Å²) in [6, 6.07) is 16.5. The van der Waals surface area contributed by atoms with Gasteiger partial charge in [-0.1, -0.05) is 43.3 Å². The lowest BCUT2D eigenvalue weighted by Crippen LogP contribution is -2.28. The Morgan fingerprint density at radius 1 is 1.22 bits per heavy atom. The van der Waals surface area contributed by atoms with Crippen molar-refractivity contribution in [3.8, 4) is 0 Å². The number of nitrogens with one attached hydrogen (secondary N) is 1. The van der Waals surface area contributed by atoms with Gasteiger partial charge in [0.15, 0.2) is 0 Å². The molecule has 0 bridgehead atoms. The summed E-state index contributed by atoms with van der Waals surface area (Å²) in [7, 11) is 0. The Kier molecular flexibility index (Phi) is 4.63. The average Bonchev–Trinajstić information content (AvgIpc) is 2.99. The number of carbonyl (C=O) groups excluding carboxylic acids is 1. The SMILES string of the molecule is CC(CN)C(=O)Nc1ccccc1CN1CCc2ccccc21. The number of nitrogens with zero attached hydrogens (tertiary/aromatic N) is 1. The van der Waals surface area contributed by atoms with Gasteiger partial charge in [-0.05, 0) is 29.7 Å². The highest BCUT2D eigenvalue weighted by atomic mass is 16.1. The minimum Gasteiger partial charge on any atom is -0.367 e. The van der Waals surface area contributed by atoms with Crippen molar-refractivity contribution in [3.63, 3.8) is 0 Å². The lowest BCUT2D eigenvalue weighted by molar-refractivity contribution is -0.119. The third kappa shape index (κ3) is 3.37. The van der Waals surface area contributed by atoms with Crippen LogP contribution in [0.2, 0.25) is 0 Å². The van der Waals surface area contributed by atoms with Crippen molar-refractivity contribution in [2.24, 2.45) is 11.7 Å². The molecule has 0 saturated heterocycles. The topological polar surface area (TPSA) is 58.4 Å². The van der Waals surface area contributed by atoms with Crippen molar-refractivity contribution >= 4 is 17.3 Å². The predicted octanol–water partition coefficient (Wildman–Crippen LogP) is 2.78. The molecule has 0 saturated carbocycles. The fourth-order valence-electron chi connectivity index (χ4n) is 2.92. The molecular weight excluding hydrogens is 286 g/mol. The van der Waals surface area contributed by atoms with Crippen LogP contribution >= 0.6 is 0 Å². The quantitative estimate of drug-likeness (QED) is 0.893. The van der Waals surface area contributed by atoms with Gasteiger partial charge in [-0.3, -0.25) is 4.79 Å². The van der Waals surface area contributed by atoms with Crippen LogP contribution < -0.4 is 16.0 Å².